The van der Waals surface area contributed by atoms with E-state index < -0.39 is 11.7 Å². The fourth-order valence-electron chi connectivity index (χ4n) is 4.66. The first-order valence-electron chi connectivity index (χ1n) is 19.3. The van der Waals surface area contributed by atoms with E-state index in [1.165, 1.54) is 56.0 Å². The van der Waals surface area contributed by atoms with Crippen molar-refractivity contribution in [3.63, 3.8) is 0 Å². The van der Waals surface area contributed by atoms with Crippen LogP contribution in [0.15, 0.2) is 83.5 Å². The van der Waals surface area contributed by atoms with Crippen LogP contribution in [-0.2, 0) is 19.2 Å². The van der Waals surface area contributed by atoms with E-state index in [2.05, 4.69) is 108 Å². The summed E-state index contributed by atoms with van der Waals surface area (Å²) in [5.41, 5.74) is 6.91. The van der Waals surface area contributed by atoms with Crippen molar-refractivity contribution in [1.29, 1.82) is 0 Å². The van der Waals surface area contributed by atoms with Crippen molar-refractivity contribution in [3.8, 4) is 11.8 Å². The molecule has 292 valence electrons. The molecule has 0 saturated carbocycles. The summed E-state index contributed by atoms with van der Waals surface area (Å²) < 4.78 is 37.6. The van der Waals surface area contributed by atoms with Crippen LogP contribution in [-0.4, -0.2) is 25.2 Å². The molecule has 3 nitrogen and oxygen atoms in total. The van der Waals surface area contributed by atoms with Crippen molar-refractivity contribution in [2.24, 2.45) is 5.92 Å². The molecule has 0 radical (unpaired) electrons. The van der Waals surface area contributed by atoms with Crippen molar-refractivity contribution >= 4 is 5.69 Å². The maximum absolute atomic E-state index is 12.5. The summed E-state index contributed by atoms with van der Waals surface area (Å²) in [6.07, 6.45) is 13.9. The number of alkyl halides is 3. The van der Waals surface area contributed by atoms with Gasteiger partial charge >= 0.3 is 6.18 Å². The van der Waals surface area contributed by atoms with E-state index >= 15 is 0 Å². The monoisotopic (exact) mass is 725 g/mol. The first kappa shape index (κ1) is 50.6. The molecule has 0 aliphatic rings. The van der Waals surface area contributed by atoms with Crippen molar-refractivity contribution in [1.82, 2.24) is 5.32 Å². The quantitative estimate of drug-likeness (QED) is 0.0973. The second-order valence-corrected chi connectivity index (χ2v) is 12.7. The fraction of sp³-hybridized carbons (Fsp3) is 0.522. The molecule has 0 heterocycles. The van der Waals surface area contributed by atoms with E-state index in [1.807, 2.05) is 32.0 Å². The van der Waals surface area contributed by atoms with E-state index in [1.54, 1.807) is 20.0 Å². The second-order valence-electron chi connectivity index (χ2n) is 12.7. The van der Waals surface area contributed by atoms with E-state index in [0.717, 1.165) is 47.1 Å². The molecule has 0 amide bonds. The van der Waals surface area contributed by atoms with Crippen molar-refractivity contribution in [2.75, 3.05) is 25.5 Å². The van der Waals surface area contributed by atoms with E-state index in [4.69, 9.17) is 0 Å². The topological polar surface area (TPSA) is 44.3 Å². The second kappa shape index (κ2) is 31.0. The standard InChI is InChI=1S/C26H34O.C10H12F3N.C8H19N.C2H6/c1-6-9-12-21(4)25(11-8-3)18-23(13-10-7-2)16-17-26-19-24(20-27)15-14-22(26)5;1-3-7-4-5-8(14-2)6-9(7)10(11,12)13;1-4-6-9-7-5-8(2)3;1-2/h8,10-11,13-15,18-19,27H,6-7,9,12,20H2,1-5H3;4-6,14H,3H2,1-2H3;8-9H,4-7H2,1-3H3;1-2H3/b11-8-,13-10+,23-18+,25-21+;;;. The van der Waals surface area contributed by atoms with Gasteiger partial charge in [-0.1, -0.05) is 122 Å². The number of hydrogen-bond donors (Lipinski definition) is 3. The Morgan fingerprint density at radius 3 is 2.17 bits per heavy atom. The predicted molar refractivity (Wildman–Crippen MR) is 223 cm³/mol. The van der Waals surface area contributed by atoms with Crippen LogP contribution in [0, 0.1) is 24.7 Å². The Kier molecular flexibility index (Phi) is 30.2. The van der Waals surface area contributed by atoms with Crippen LogP contribution in [0.5, 0.6) is 0 Å². The van der Waals surface area contributed by atoms with Gasteiger partial charge in [0.25, 0.3) is 0 Å². The average molecular weight is 725 g/mol. The molecule has 0 saturated heterocycles. The summed E-state index contributed by atoms with van der Waals surface area (Å²) in [5.74, 6) is 7.48. The molecule has 2 rings (SSSR count). The molecule has 0 aliphatic heterocycles. The summed E-state index contributed by atoms with van der Waals surface area (Å²) in [7, 11) is 1.60. The summed E-state index contributed by atoms with van der Waals surface area (Å²) in [5, 5.41) is 15.4. The van der Waals surface area contributed by atoms with Gasteiger partial charge in [-0.25, -0.2) is 0 Å². The number of rotatable bonds is 15. The highest BCUT2D eigenvalue weighted by Gasteiger charge is 2.32. The van der Waals surface area contributed by atoms with Crippen LogP contribution >= 0.6 is 0 Å². The number of allylic oxidation sites excluding steroid dienone is 8. The van der Waals surface area contributed by atoms with Crippen LogP contribution in [0.25, 0.3) is 0 Å². The summed E-state index contributed by atoms with van der Waals surface area (Å²) in [6, 6.07) is 10.2. The Bertz CT molecular complexity index is 1420. The van der Waals surface area contributed by atoms with Gasteiger partial charge in [-0.2, -0.15) is 13.2 Å². The van der Waals surface area contributed by atoms with Gasteiger partial charge in [-0.15, -0.1) is 0 Å². The smallest absolute Gasteiger partial charge is 0.392 e. The van der Waals surface area contributed by atoms with Gasteiger partial charge in [0.2, 0.25) is 0 Å². The van der Waals surface area contributed by atoms with Gasteiger partial charge in [-0.05, 0) is 125 Å². The number of benzene rings is 2. The molecular weight excluding hydrogens is 654 g/mol. The minimum atomic E-state index is -4.27. The predicted octanol–water partition coefficient (Wildman–Crippen LogP) is 13.2. The summed E-state index contributed by atoms with van der Waals surface area (Å²) in [6.45, 7) is 25.5. The fourth-order valence-corrected chi connectivity index (χ4v) is 4.66. The number of hydrogen-bond acceptors (Lipinski definition) is 3. The highest BCUT2D eigenvalue weighted by Crippen LogP contribution is 2.34. The lowest BCUT2D eigenvalue weighted by atomic mass is 10.00. The molecule has 0 atom stereocenters. The number of aryl methyl sites for hydroxylation is 2. The molecule has 3 N–H and O–H groups in total. The normalized spacial score (nSPS) is 11.8. The Hall–Kier alpha value is -3.53. The van der Waals surface area contributed by atoms with Crippen molar-refractivity contribution < 1.29 is 18.3 Å². The molecule has 6 heteroatoms. The van der Waals surface area contributed by atoms with Crippen molar-refractivity contribution in [2.45, 2.75) is 134 Å². The third kappa shape index (κ3) is 23.1. The summed E-state index contributed by atoms with van der Waals surface area (Å²) in [4.78, 5) is 0. The van der Waals surface area contributed by atoms with Crippen LogP contribution in [0.2, 0.25) is 0 Å². The van der Waals surface area contributed by atoms with Crippen LogP contribution < -0.4 is 10.6 Å². The molecule has 0 aromatic heterocycles. The molecule has 0 bridgehead atoms. The summed E-state index contributed by atoms with van der Waals surface area (Å²) >= 11 is 0. The zero-order chi connectivity index (χ0) is 40.0. The zero-order valence-corrected chi connectivity index (χ0v) is 34.6. The van der Waals surface area contributed by atoms with E-state index in [0.29, 0.717) is 17.7 Å². The number of aliphatic hydroxyl groups excluding tert-OH is 1. The van der Waals surface area contributed by atoms with Crippen LogP contribution in [0.4, 0.5) is 18.9 Å². The Labute approximate surface area is 317 Å². The first-order valence-corrected chi connectivity index (χ1v) is 19.3. The van der Waals surface area contributed by atoms with Gasteiger partial charge in [-0.3, -0.25) is 0 Å². The zero-order valence-electron chi connectivity index (χ0n) is 34.6. The number of aliphatic hydroxyl groups is 1. The Morgan fingerprint density at radius 1 is 0.962 bits per heavy atom. The number of nitrogens with one attached hydrogen (secondary N) is 2. The third-order valence-corrected chi connectivity index (χ3v) is 7.82. The average Bonchev–Trinajstić information content (AvgIpc) is 3.14. The molecule has 2 aromatic carbocycles. The van der Waals surface area contributed by atoms with Gasteiger partial charge in [0, 0.05) is 23.9 Å². The molecule has 2 aromatic rings. The molecule has 52 heavy (non-hydrogen) atoms. The number of halogens is 3. The minimum absolute atomic E-state index is 0.0399. The molecular formula is C46H71F3N2O. The van der Waals surface area contributed by atoms with E-state index in [9.17, 15) is 18.3 Å². The molecule has 0 aliphatic carbocycles. The highest BCUT2D eigenvalue weighted by molar-refractivity contribution is 5.53. The van der Waals surface area contributed by atoms with Crippen LogP contribution in [0.1, 0.15) is 136 Å². The first-order chi connectivity index (χ1) is 24.8. The maximum atomic E-state index is 12.5. The lowest BCUT2D eigenvalue weighted by molar-refractivity contribution is -0.138. The third-order valence-electron chi connectivity index (χ3n) is 7.82. The van der Waals surface area contributed by atoms with Crippen LogP contribution in [0.3, 0.4) is 0 Å². The lowest BCUT2D eigenvalue weighted by Crippen LogP contribution is -2.17. The van der Waals surface area contributed by atoms with E-state index in [-0.39, 0.29) is 6.61 Å². The van der Waals surface area contributed by atoms with Gasteiger partial charge in [0.1, 0.15) is 0 Å². The largest absolute Gasteiger partial charge is 0.416 e. The lowest BCUT2D eigenvalue weighted by Gasteiger charge is -2.13. The number of unbranched alkanes of at least 4 members (excludes halogenated alkanes) is 1. The molecule has 0 spiro atoms. The Balaban J connectivity index is 0. The van der Waals surface area contributed by atoms with Gasteiger partial charge < -0.3 is 15.7 Å². The number of anilines is 1. The van der Waals surface area contributed by atoms with Crippen molar-refractivity contribution in [3.05, 3.63) is 111 Å². The Morgan fingerprint density at radius 2 is 1.65 bits per heavy atom. The maximum Gasteiger partial charge on any atom is 0.416 e. The molecule has 0 fully saturated rings. The molecule has 0 unspecified atom stereocenters. The minimum Gasteiger partial charge on any atom is -0.392 e. The van der Waals surface area contributed by atoms with Gasteiger partial charge in [0.05, 0.1) is 12.2 Å². The van der Waals surface area contributed by atoms with Gasteiger partial charge in [0.15, 0.2) is 0 Å². The SMILES string of the molecule is CC.CCCNCCC(C)C.CCc1ccc(NC)cc1C(F)(F)F.C\C=C/C(/C=C(C#Cc1cc(CO)ccc1C)\C=C\CC)=C(/C)CCCC. The highest BCUT2D eigenvalue weighted by atomic mass is 19.4.